The minimum absolute atomic E-state index is 0.295. The first kappa shape index (κ1) is 20.2. The Balaban J connectivity index is 2.15. The molecule has 0 saturated carbocycles. The number of benzene rings is 1. The van der Waals surface area contributed by atoms with Gasteiger partial charge in [0.15, 0.2) is 0 Å². The van der Waals surface area contributed by atoms with Gasteiger partial charge in [-0.25, -0.2) is 0 Å². The van der Waals surface area contributed by atoms with Crippen molar-refractivity contribution < 1.29 is 19.2 Å². The Kier molecular flexibility index (Phi) is 7.45. The Morgan fingerprint density at radius 3 is 2.42 bits per heavy atom. The van der Waals surface area contributed by atoms with Crippen LogP contribution in [0.15, 0.2) is 29.3 Å². The molecule has 1 heterocycles. The van der Waals surface area contributed by atoms with Gasteiger partial charge in [0.25, 0.3) is 11.9 Å². The van der Waals surface area contributed by atoms with Gasteiger partial charge in [0.2, 0.25) is 0 Å². The van der Waals surface area contributed by atoms with Gasteiger partial charge in [-0.2, -0.15) is 4.99 Å². The van der Waals surface area contributed by atoms with Gasteiger partial charge < -0.3 is 19.3 Å². The van der Waals surface area contributed by atoms with E-state index in [-0.39, 0.29) is 5.91 Å². The van der Waals surface area contributed by atoms with E-state index >= 15 is 0 Å². The molecule has 0 aromatic heterocycles. The summed E-state index contributed by atoms with van der Waals surface area (Å²) in [4.78, 5) is 20.5. The zero-order valence-corrected chi connectivity index (χ0v) is 16.6. The van der Waals surface area contributed by atoms with Crippen LogP contribution in [0, 0.1) is 5.92 Å². The van der Waals surface area contributed by atoms with Crippen molar-refractivity contribution in [1.29, 1.82) is 0 Å². The van der Waals surface area contributed by atoms with Gasteiger partial charge in [-0.15, -0.1) is 0 Å². The van der Waals surface area contributed by atoms with Gasteiger partial charge >= 0.3 is 0 Å². The lowest BCUT2D eigenvalue weighted by molar-refractivity contribution is -0.885. The summed E-state index contributed by atoms with van der Waals surface area (Å²) in [7, 11) is 5.80. The molecular weight excluding hydrogens is 330 g/mol. The van der Waals surface area contributed by atoms with Crippen molar-refractivity contribution in [3.05, 3.63) is 29.8 Å². The van der Waals surface area contributed by atoms with Gasteiger partial charge in [-0.3, -0.25) is 4.79 Å². The molecule has 0 unspecified atom stereocenters. The fraction of sp³-hybridized carbons (Fsp3) is 0.600. The third-order valence-electron chi connectivity index (χ3n) is 4.74. The number of amides is 1. The fourth-order valence-electron chi connectivity index (χ4n) is 2.98. The standard InChI is InChI=1S/C20H31N3O3/c1-15(2)14-26-20(23(4)17-10-12-22(3)13-11-17)21-19(24)16-6-8-18(25-5)9-7-16/h6-9,15,17H,10-14H2,1-5H3/p+1. The number of likely N-dealkylation sites (tertiary alicyclic amines) is 1. The number of piperidine rings is 1. The molecular formula is C20H32N3O3+. The molecule has 0 atom stereocenters. The molecule has 1 fully saturated rings. The van der Waals surface area contributed by atoms with Crippen LogP contribution in [0.25, 0.3) is 0 Å². The lowest BCUT2D eigenvalue weighted by Gasteiger charge is -2.34. The largest absolute Gasteiger partial charge is 0.497 e. The van der Waals surface area contributed by atoms with Crippen molar-refractivity contribution in [2.45, 2.75) is 32.7 Å². The molecule has 1 saturated heterocycles. The second-order valence-electron chi connectivity index (χ2n) is 7.43. The highest BCUT2D eigenvalue weighted by atomic mass is 16.5. The summed E-state index contributed by atoms with van der Waals surface area (Å²) in [6.45, 7) is 6.96. The highest BCUT2D eigenvalue weighted by Crippen LogP contribution is 2.14. The second kappa shape index (κ2) is 9.57. The molecule has 144 valence electrons. The third kappa shape index (κ3) is 5.73. The molecule has 26 heavy (non-hydrogen) atoms. The SMILES string of the molecule is COc1ccc(C(=O)N=C(OCC(C)C)N(C)C2CC[NH+](C)CC2)cc1. The smallest absolute Gasteiger partial charge is 0.295 e. The van der Waals surface area contributed by atoms with Crippen molar-refractivity contribution in [2.24, 2.45) is 10.9 Å². The number of carbonyl (C=O) groups excluding carboxylic acids is 1. The molecule has 1 aliphatic rings. The number of rotatable bonds is 5. The Bertz CT molecular complexity index is 605. The second-order valence-corrected chi connectivity index (χ2v) is 7.43. The lowest BCUT2D eigenvalue weighted by atomic mass is 10.0. The quantitative estimate of drug-likeness (QED) is 0.637. The molecule has 1 aromatic rings. The first-order valence-electron chi connectivity index (χ1n) is 9.34. The molecule has 6 nitrogen and oxygen atoms in total. The van der Waals surface area contributed by atoms with Crippen molar-refractivity contribution >= 4 is 11.9 Å². The van der Waals surface area contributed by atoms with Crippen LogP contribution < -0.4 is 9.64 Å². The summed E-state index contributed by atoms with van der Waals surface area (Å²) < 4.78 is 11.0. The summed E-state index contributed by atoms with van der Waals surface area (Å²) in [6, 6.07) is 7.76. The molecule has 1 aliphatic heterocycles. The summed E-state index contributed by atoms with van der Waals surface area (Å²) in [5.74, 6) is 0.788. The number of aliphatic imine (C=N–C) groups is 1. The third-order valence-corrected chi connectivity index (χ3v) is 4.74. The molecule has 1 aromatic carbocycles. The zero-order valence-electron chi connectivity index (χ0n) is 16.6. The maximum absolute atomic E-state index is 12.6. The predicted molar refractivity (Wildman–Crippen MR) is 103 cm³/mol. The Hall–Kier alpha value is -2.08. The average molecular weight is 362 g/mol. The maximum atomic E-state index is 12.6. The minimum atomic E-state index is -0.295. The Morgan fingerprint density at radius 1 is 1.27 bits per heavy atom. The van der Waals surface area contributed by atoms with E-state index in [1.54, 1.807) is 36.3 Å². The van der Waals surface area contributed by atoms with E-state index in [0.717, 1.165) is 25.9 Å². The lowest BCUT2D eigenvalue weighted by Crippen LogP contribution is -3.10. The number of amidine groups is 1. The Morgan fingerprint density at radius 2 is 1.88 bits per heavy atom. The van der Waals surface area contributed by atoms with Crippen molar-refractivity contribution in [1.82, 2.24) is 4.90 Å². The van der Waals surface area contributed by atoms with E-state index in [1.807, 2.05) is 11.9 Å². The van der Waals surface area contributed by atoms with E-state index < -0.39 is 0 Å². The number of hydrogen-bond donors (Lipinski definition) is 1. The predicted octanol–water partition coefficient (Wildman–Crippen LogP) is 1.47. The van der Waals surface area contributed by atoms with Crippen LogP contribution in [0.4, 0.5) is 0 Å². The first-order valence-corrected chi connectivity index (χ1v) is 9.34. The Labute approximate surface area is 156 Å². The van der Waals surface area contributed by atoms with E-state index in [9.17, 15) is 4.79 Å². The molecule has 0 bridgehead atoms. The van der Waals surface area contributed by atoms with Gasteiger partial charge in [-0.1, -0.05) is 13.8 Å². The van der Waals surface area contributed by atoms with E-state index in [2.05, 4.69) is 25.9 Å². The zero-order chi connectivity index (χ0) is 19.1. The van der Waals surface area contributed by atoms with E-state index in [1.165, 1.54) is 0 Å². The number of carbonyl (C=O) groups is 1. The molecule has 0 spiro atoms. The highest BCUT2D eigenvalue weighted by molar-refractivity contribution is 6.01. The van der Waals surface area contributed by atoms with Gasteiger partial charge in [0.1, 0.15) is 5.75 Å². The van der Waals surface area contributed by atoms with Crippen LogP contribution in [-0.2, 0) is 4.74 Å². The first-order chi connectivity index (χ1) is 12.4. The summed E-state index contributed by atoms with van der Waals surface area (Å²) in [5.41, 5.74) is 0.526. The fourth-order valence-corrected chi connectivity index (χ4v) is 2.98. The van der Waals surface area contributed by atoms with E-state index in [4.69, 9.17) is 9.47 Å². The average Bonchev–Trinajstić information content (AvgIpc) is 2.65. The van der Waals surface area contributed by atoms with E-state index in [0.29, 0.717) is 35.9 Å². The van der Waals surface area contributed by atoms with Gasteiger partial charge in [-0.05, 0) is 30.2 Å². The molecule has 0 radical (unpaired) electrons. The number of nitrogens with one attached hydrogen (secondary N) is 1. The van der Waals surface area contributed by atoms with Crippen LogP contribution >= 0.6 is 0 Å². The molecule has 2 rings (SSSR count). The van der Waals surface area contributed by atoms with Gasteiger partial charge in [0, 0.05) is 31.5 Å². The topological polar surface area (TPSA) is 55.6 Å². The summed E-state index contributed by atoms with van der Waals surface area (Å²) >= 11 is 0. The monoisotopic (exact) mass is 362 g/mol. The van der Waals surface area contributed by atoms with Crippen LogP contribution in [0.1, 0.15) is 37.0 Å². The molecule has 0 aliphatic carbocycles. The summed E-state index contributed by atoms with van der Waals surface area (Å²) in [5, 5.41) is 0. The number of ether oxygens (including phenoxy) is 2. The highest BCUT2D eigenvalue weighted by Gasteiger charge is 2.26. The van der Waals surface area contributed by atoms with Gasteiger partial charge in [0.05, 0.1) is 33.9 Å². The molecule has 1 amide bonds. The van der Waals surface area contributed by atoms with Crippen LogP contribution in [-0.4, -0.2) is 63.8 Å². The maximum Gasteiger partial charge on any atom is 0.295 e. The van der Waals surface area contributed by atoms with Crippen LogP contribution in [0.5, 0.6) is 5.75 Å². The number of methoxy groups -OCH3 is 1. The number of quaternary nitrogens is 1. The normalized spacial score (nSPS) is 20.8. The van der Waals surface area contributed by atoms with Crippen LogP contribution in [0.3, 0.4) is 0 Å². The van der Waals surface area contributed by atoms with Crippen LogP contribution in [0.2, 0.25) is 0 Å². The number of hydrogen-bond acceptors (Lipinski definition) is 3. The summed E-state index contributed by atoms with van der Waals surface area (Å²) in [6.07, 6.45) is 2.15. The van der Waals surface area contributed by atoms with Crippen molar-refractivity contribution in [2.75, 3.05) is 40.9 Å². The molecule has 1 N–H and O–H groups in total. The minimum Gasteiger partial charge on any atom is -0.497 e. The van der Waals surface area contributed by atoms with Crippen molar-refractivity contribution in [3.8, 4) is 5.75 Å². The molecule has 6 heteroatoms. The van der Waals surface area contributed by atoms with Crippen molar-refractivity contribution in [3.63, 3.8) is 0 Å². The number of nitrogens with zero attached hydrogens (tertiary/aromatic N) is 2.